The van der Waals surface area contributed by atoms with E-state index in [2.05, 4.69) is 37.9 Å². The van der Waals surface area contributed by atoms with Gasteiger partial charge in [-0.3, -0.25) is 0 Å². The molecule has 0 amide bonds. The topological polar surface area (TPSA) is 21.3 Å². The molecular formula is C18H27NO. The summed E-state index contributed by atoms with van der Waals surface area (Å²) in [5.41, 5.74) is 1.24. The second-order valence-electron chi connectivity index (χ2n) is 6.09. The molecule has 0 aromatic heterocycles. The lowest BCUT2D eigenvalue weighted by atomic mass is 9.80. The zero-order chi connectivity index (χ0) is 14.4. The highest BCUT2D eigenvalue weighted by Crippen LogP contribution is 2.29. The lowest BCUT2D eigenvalue weighted by Crippen LogP contribution is -2.38. The highest BCUT2D eigenvalue weighted by molar-refractivity contribution is 5.33. The Morgan fingerprint density at radius 1 is 1.30 bits per heavy atom. The van der Waals surface area contributed by atoms with Gasteiger partial charge in [-0.1, -0.05) is 44.7 Å². The Balaban J connectivity index is 1.91. The Hall–Kier alpha value is -1.28. The SMILES string of the molecule is C=CCOc1ccccc1CNC1CCC(C)CC1C. The zero-order valence-electron chi connectivity index (χ0n) is 12.8. The molecule has 20 heavy (non-hydrogen) atoms. The molecule has 2 heteroatoms. The van der Waals surface area contributed by atoms with Crippen molar-refractivity contribution in [3.05, 3.63) is 42.5 Å². The third-order valence-corrected chi connectivity index (χ3v) is 4.32. The maximum Gasteiger partial charge on any atom is 0.124 e. The van der Waals surface area contributed by atoms with Crippen LogP contribution in [0, 0.1) is 11.8 Å². The van der Waals surface area contributed by atoms with Crippen molar-refractivity contribution in [1.82, 2.24) is 5.32 Å². The van der Waals surface area contributed by atoms with Crippen LogP contribution in [-0.2, 0) is 6.54 Å². The minimum absolute atomic E-state index is 0.564. The van der Waals surface area contributed by atoms with E-state index in [1.165, 1.54) is 24.8 Å². The fourth-order valence-corrected chi connectivity index (χ4v) is 3.15. The number of ether oxygens (including phenoxy) is 1. The van der Waals surface area contributed by atoms with E-state index in [9.17, 15) is 0 Å². The maximum absolute atomic E-state index is 5.71. The Morgan fingerprint density at radius 3 is 2.85 bits per heavy atom. The van der Waals surface area contributed by atoms with Gasteiger partial charge in [-0.25, -0.2) is 0 Å². The number of benzene rings is 1. The summed E-state index contributed by atoms with van der Waals surface area (Å²) in [4.78, 5) is 0. The van der Waals surface area contributed by atoms with Crippen LogP contribution < -0.4 is 10.1 Å². The van der Waals surface area contributed by atoms with Crippen LogP contribution in [0.15, 0.2) is 36.9 Å². The van der Waals surface area contributed by atoms with Crippen molar-refractivity contribution in [2.24, 2.45) is 11.8 Å². The number of hydrogen-bond donors (Lipinski definition) is 1. The minimum Gasteiger partial charge on any atom is -0.489 e. The van der Waals surface area contributed by atoms with Gasteiger partial charge in [0.2, 0.25) is 0 Å². The molecule has 0 spiro atoms. The zero-order valence-corrected chi connectivity index (χ0v) is 12.8. The van der Waals surface area contributed by atoms with Gasteiger partial charge in [0, 0.05) is 18.2 Å². The predicted octanol–water partition coefficient (Wildman–Crippen LogP) is 4.17. The van der Waals surface area contributed by atoms with E-state index in [-0.39, 0.29) is 0 Å². The summed E-state index contributed by atoms with van der Waals surface area (Å²) in [6.45, 7) is 9.89. The molecular weight excluding hydrogens is 246 g/mol. The summed E-state index contributed by atoms with van der Waals surface area (Å²) >= 11 is 0. The average molecular weight is 273 g/mol. The highest BCUT2D eigenvalue weighted by Gasteiger charge is 2.24. The van der Waals surface area contributed by atoms with E-state index in [1.807, 2.05) is 12.1 Å². The molecule has 1 aliphatic rings. The molecule has 3 atom stereocenters. The minimum atomic E-state index is 0.564. The molecule has 1 aliphatic carbocycles. The first-order chi connectivity index (χ1) is 9.70. The molecule has 1 aromatic carbocycles. The van der Waals surface area contributed by atoms with Crippen LogP contribution in [0.1, 0.15) is 38.7 Å². The summed E-state index contributed by atoms with van der Waals surface area (Å²) < 4.78 is 5.71. The highest BCUT2D eigenvalue weighted by atomic mass is 16.5. The van der Waals surface area contributed by atoms with Crippen molar-refractivity contribution in [3.63, 3.8) is 0 Å². The van der Waals surface area contributed by atoms with Crippen molar-refractivity contribution in [2.45, 2.75) is 45.7 Å². The van der Waals surface area contributed by atoms with E-state index in [0.717, 1.165) is 24.1 Å². The van der Waals surface area contributed by atoms with Gasteiger partial charge in [-0.05, 0) is 37.2 Å². The van der Waals surface area contributed by atoms with Gasteiger partial charge in [0.25, 0.3) is 0 Å². The van der Waals surface area contributed by atoms with Gasteiger partial charge >= 0.3 is 0 Å². The molecule has 1 fully saturated rings. The molecule has 0 radical (unpaired) electrons. The number of para-hydroxylation sites is 1. The van der Waals surface area contributed by atoms with Crippen LogP contribution in [-0.4, -0.2) is 12.6 Å². The van der Waals surface area contributed by atoms with Crippen molar-refractivity contribution in [1.29, 1.82) is 0 Å². The normalized spacial score (nSPS) is 26.2. The van der Waals surface area contributed by atoms with Crippen molar-refractivity contribution in [2.75, 3.05) is 6.61 Å². The molecule has 2 rings (SSSR count). The van der Waals surface area contributed by atoms with Crippen LogP contribution in [0.4, 0.5) is 0 Å². The van der Waals surface area contributed by atoms with Crippen LogP contribution in [0.2, 0.25) is 0 Å². The van der Waals surface area contributed by atoms with Gasteiger partial charge in [0.1, 0.15) is 12.4 Å². The van der Waals surface area contributed by atoms with E-state index in [4.69, 9.17) is 4.74 Å². The molecule has 1 saturated carbocycles. The van der Waals surface area contributed by atoms with Crippen molar-refractivity contribution >= 4 is 0 Å². The molecule has 2 nitrogen and oxygen atoms in total. The maximum atomic E-state index is 5.71. The molecule has 110 valence electrons. The molecule has 0 heterocycles. The fraction of sp³-hybridized carbons (Fsp3) is 0.556. The average Bonchev–Trinajstić information content (AvgIpc) is 2.45. The molecule has 0 saturated heterocycles. The second kappa shape index (κ2) is 7.49. The summed E-state index contributed by atoms with van der Waals surface area (Å²) in [5.74, 6) is 2.61. The van der Waals surface area contributed by atoms with Crippen molar-refractivity contribution < 1.29 is 4.74 Å². The number of nitrogens with one attached hydrogen (secondary N) is 1. The van der Waals surface area contributed by atoms with Crippen LogP contribution in [0.5, 0.6) is 5.75 Å². The first-order valence-corrected chi connectivity index (χ1v) is 7.75. The van der Waals surface area contributed by atoms with E-state index in [1.54, 1.807) is 6.08 Å². The van der Waals surface area contributed by atoms with Gasteiger partial charge < -0.3 is 10.1 Å². The third-order valence-electron chi connectivity index (χ3n) is 4.32. The lowest BCUT2D eigenvalue weighted by molar-refractivity contribution is 0.226. The van der Waals surface area contributed by atoms with E-state index < -0.39 is 0 Å². The summed E-state index contributed by atoms with van der Waals surface area (Å²) in [5, 5.41) is 3.72. The molecule has 3 unspecified atom stereocenters. The summed E-state index contributed by atoms with van der Waals surface area (Å²) in [7, 11) is 0. The number of rotatable bonds is 6. The summed E-state index contributed by atoms with van der Waals surface area (Å²) in [6.07, 6.45) is 5.76. The lowest BCUT2D eigenvalue weighted by Gasteiger charge is -2.33. The Bertz CT molecular complexity index is 429. The molecule has 1 aromatic rings. The Labute approximate surface area is 123 Å². The largest absolute Gasteiger partial charge is 0.489 e. The monoisotopic (exact) mass is 273 g/mol. The second-order valence-corrected chi connectivity index (χ2v) is 6.09. The first-order valence-electron chi connectivity index (χ1n) is 7.75. The van der Waals surface area contributed by atoms with Crippen LogP contribution in [0.25, 0.3) is 0 Å². The number of hydrogen-bond acceptors (Lipinski definition) is 2. The fourth-order valence-electron chi connectivity index (χ4n) is 3.15. The van der Waals surface area contributed by atoms with Crippen molar-refractivity contribution in [3.8, 4) is 5.75 Å². The molecule has 1 N–H and O–H groups in total. The summed E-state index contributed by atoms with van der Waals surface area (Å²) in [6, 6.07) is 8.91. The molecule has 0 bridgehead atoms. The quantitative estimate of drug-likeness (QED) is 0.786. The Morgan fingerprint density at radius 2 is 2.10 bits per heavy atom. The van der Waals surface area contributed by atoms with Gasteiger partial charge in [0.15, 0.2) is 0 Å². The van der Waals surface area contributed by atoms with Crippen LogP contribution in [0.3, 0.4) is 0 Å². The van der Waals surface area contributed by atoms with Crippen LogP contribution >= 0.6 is 0 Å². The van der Waals surface area contributed by atoms with Gasteiger partial charge in [-0.15, -0.1) is 0 Å². The first kappa shape index (κ1) is 15.1. The van der Waals surface area contributed by atoms with Gasteiger partial charge in [-0.2, -0.15) is 0 Å². The van der Waals surface area contributed by atoms with Gasteiger partial charge in [0.05, 0.1) is 0 Å². The molecule has 0 aliphatic heterocycles. The predicted molar refractivity (Wildman–Crippen MR) is 84.9 cm³/mol. The Kier molecular flexibility index (Phi) is 5.66. The third kappa shape index (κ3) is 4.11. The standard InChI is InChI=1S/C18H27NO/c1-4-11-20-18-8-6-5-7-16(18)13-19-17-10-9-14(2)12-15(17)3/h4-8,14-15,17,19H,1,9-13H2,2-3H3. The smallest absolute Gasteiger partial charge is 0.124 e. The van der Waals surface area contributed by atoms with E-state index in [0.29, 0.717) is 12.6 Å². The van der Waals surface area contributed by atoms with E-state index >= 15 is 0 Å².